The third-order valence-electron chi connectivity index (χ3n) is 3.66. The molecule has 106 valence electrons. The molecule has 2 heterocycles. The molecule has 0 radical (unpaired) electrons. The summed E-state index contributed by atoms with van der Waals surface area (Å²) in [4.78, 5) is 16.3. The number of carbonyl (C=O) groups excluding carboxylic acids is 1. The van der Waals surface area contributed by atoms with Gasteiger partial charge >= 0.3 is 0 Å². The highest BCUT2D eigenvalue weighted by Crippen LogP contribution is 2.39. The van der Waals surface area contributed by atoms with Crippen molar-refractivity contribution >= 4 is 5.91 Å². The van der Waals surface area contributed by atoms with Gasteiger partial charge in [-0.2, -0.15) is 10.4 Å². The first-order valence-electron chi connectivity index (χ1n) is 6.76. The molecule has 2 atom stereocenters. The van der Waals surface area contributed by atoms with Gasteiger partial charge in [-0.15, -0.1) is 0 Å². The van der Waals surface area contributed by atoms with E-state index in [2.05, 4.69) is 15.4 Å². The van der Waals surface area contributed by atoms with Crippen molar-refractivity contribution in [3.05, 3.63) is 47.0 Å². The maximum atomic E-state index is 12.1. The van der Waals surface area contributed by atoms with Crippen LogP contribution >= 0.6 is 0 Å². The Morgan fingerprint density at radius 1 is 1.48 bits per heavy atom. The minimum Gasteiger partial charge on any atom is -0.347 e. The SMILES string of the molecule is Cc1nc(C(=O)N[C@@H]2C[C@H]2c2ccn(C)n2)ccc1C#N. The predicted octanol–water partition coefficient (Wildman–Crippen LogP) is 1.28. The van der Waals surface area contributed by atoms with Crippen LogP contribution < -0.4 is 5.32 Å². The minimum atomic E-state index is -0.203. The normalized spacial score (nSPS) is 19.9. The van der Waals surface area contributed by atoms with Gasteiger partial charge in [0, 0.05) is 25.2 Å². The summed E-state index contributed by atoms with van der Waals surface area (Å²) >= 11 is 0. The van der Waals surface area contributed by atoms with E-state index in [1.807, 2.05) is 25.4 Å². The Hall–Kier alpha value is -2.68. The number of pyridine rings is 1. The second-order valence-electron chi connectivity index (χ2n) is 5.28. The second kappa shape index (κ2) is 5.02. The first-order valence-corrected chi connectivity index (χ1v) is 6.76. The standard InChI is InChI=1S/C15H15N5O/c1-9-10(8-16)3-4-13(17-9)15(21)18-14-7-11(14)12-5-6-20(2)19-12/h3-6,11,14H,7H2,1-2H3,(H,18,21)/t11-,14+/m0/s1. The Kier molecular flexibility index (Phi) is 3.18. The predicted molar refractivity (Wildman–Crippen MR) is 75.5 cm³/mol. The van der Waals surface area contributed by atoms with E-state index >= 15 is 0 Å². The maximum Gasteiger partial charge on any atom is 0.270 e. The summed E-state index contributed by atoms with van der Waals surface area (Å²) in [5.74, 6) is 0.0839. The van der Waals surface area contributed by atoms with Crippen LogP contribution in [-0.4, -0.2) is 26.7 Å². The minimum absolute atomic E-state index is 0.116. The molecule has 1 N–H and O–H groups in total. The van der Waals surface area contributed by atoms with Gasteiger partial charge in [0.05, 0.1) is 17.0 Å². The topological polar surface area (TPSA) is 83.6 Å². The smallest absolute Gasteiger partial charge is 0.270 e. The fourth-order valence-corrected chi connectivity index (χ4v) is 2.36. The molecule has 3 rings (SSSR count). The fraction of sp³-hybridized carbons (Fsp3) is 0.333. The zero-order valence-corrected chi connectivity index (χ0v) is 11.9. The van der Waals surface area contributed by atoms with E-state index in [1.165, 1.54) is 0 Å². The van der Waals surface area contributed by atoms with Crippen LogP contribution in [0.1, 0.15) is 39.8 Å². The third kappa shape index (κ3) is 2.63. The number of nitriles is 1. The van der Waals surface area contributed by atoms with Crippen molar-refractivity contribution in [2.45, 2.75) is 25.3 Å². The molecule has 2 aromatic heterocycles. The van der Waals surface area contributed by atoms with Crippen LogP contribution in [0.15, 0.2) is 24.4 Å². The van der Waals surface area contributed by atoms with Gasteiger partial charge in [0.1, 0.15) is 11.8 Å². The molecule has 6 heteroatoms. The molecule has 1 amide bonds. The van der Waals surface area contributed by atoms with Gasteiger partial charge in [0.25, 0.3) is 5.91 Å². The first-order chi connectivity index (χ1) is 10.1. The molecule has 1 aliphatic rings. The summed E-state index contributed by atoms with van der Waals surface area (Å²) in [6, 6.07) is 7.34. The van der Waals surface area contributed by atoms with E-state index < -0.39 is 0 Å². The van der Waals surface area contributed by atoms with Crippen molar-refractivity contribution in [1.29, 1.82) is 5.26 Å². The van der Waals surface area contributed by atoms with E-state index in [9.17, 15) is 4.79 Å². The van der Waals surface area contributed by atoms with Crippen LogP contribution in [0, 0.1) is 18.3 Å². The molecule has 0 aromatic carbocycles. The van der Waals surface area contributed by atoms with Crippen molar-refractivity contribution in [2.75, 3.05) is 0 Å². The number of hydrogen-bond donors (Lipinski definition) is 1. The number of aryl methyl sites for hydroxylation is 2. The number of hydrogen-bond acceptors (Lipinski definition) is 4. The molecule has 2 aromatic rings. The van der Waals surface area contributed by atoms with Crippen LogP contribution in [0.2, 0.25) is 0 Å². The van der Waals surface area contributed by atoms with Crippen molar-refractivity contribution in [3.63, 3.8) is 0 Å². The zero-order valence-electron chi connectivity index (χ0n) is 11.9. The number of rotatable bonds is 3. The van der Waals surface area contributed by atoms with E-state index in [-0.39, 0.29) is 17.9 Å². The molecular weight excluding hydrogens is 266 g/mol. The largest absolute Gasteiger partial charge is 0.347 e. The average molecular weight is 281 g/mol. The van der Waals surface area contributed by atoms with E-state index in [0.29, 0.717) is 17.0 Å². The maximum absolute atomic E-state index is 12.1. The van der Waals surface area contributed by atoms with Crippen molar-refractivity contribution in [1.82, 2.24) is 20.1 Å². The van der Waals surface area contributed by atoms with Crippen LogP contribution in [0.4, 0.5) is 0 Å². The Bertz CT molecular complexity index is 743. The summed E-state index contributed by atoms with van der Waals surface area (Å²) in [6.07, 6.45) is 2.80. The van der Waals surface area contributed by atoms with E-state index in [0.717, 1.165) is 12.1 Å². The lowest BCUT2D eigenvalue weighted by atomic mass is 10.2. The lowest BCUT2D eigenvalue weighted by Gasteiger charge is -2.05. The Balaban J connectivity index is 1.66. The Morgan fingerprint density at radius 2 is 2.29 bits per heavy atom. The molecule has 0 aliphatic heterocycles. The highest BCUT2D eigenvalue weighted by molar-refractivity contribution is 5.93. The number of amides is 1. The van der Waals surface area contributed by atoms with Gasteiger partial charge in [0.15, 0.2) is 0 Å². The van der Waals surface area contributed by atoms with Gasteiger partial charge in [0.2, 0.25) is 0 Å². The van der Waals surface area contributed by atoms with E-state index in [4.69, 9.17) is 5.26 Å². The van der Waals surface area contributed by atoms with Crippen LogP contribution in [0.25, 0.3) is 0 Å². The Morgan fingerprint density at radius 3 is 2.90 bits per heavy atom. The molecule has 1 aliphatic carbocycles. The molecule has 0 unspecified atom stereocenters. The number of nitrogens with zero attached hydrogens (tertiary/aromatic N) is 4. The molecule has 0 spiro atoms. The van der Waals surface area contributed by atoms with Gasteiger partial charge in [-0.3, -0.25) is 9.48 Å². The monoisotopic (exact) mass is 281 g/mol. The van der Waals surface area contributed by atoms with Gasteiger partial charge < -0.3 is 5.32 Å². The lowest BCUT2D eigenvalue weighted by Crippen LogP contribution is -2.27. The van der Waals surface area contributed by atoms with Crippen molar-refractivity contribution in [2.24, 2.45) is 7.05 Å². The quantitative estimate of drug-likeness (QED) is 0.918. The summed E-state index contributed by atoms with van der Waals surface area (Å²) in [6.45, 7) is 1.73. The van der Waals surface area contributed by atoms with E-state index in [1.54, 1.807) is 23.7 Å². The fourth-order valence-electron chi connectivity index (χ4n) is 2.36. The second-order valence-corrected chi connectivity index (χ2v) is 5.28. The average Bonchev–Trinajstić information content (AvgIpc) is 3.09. The summed E-state index contributed by atoms with van der Waals surface area (Å²) in [5.41, 5.74) is 2.41. The van der Waals surface area contributed by atoms with Crippen LogP contribution in [0.3, 0.4) is 0 Å². The molecule has 1 fully saturated rings. The van der Waals surface area contributed by atoms with Crippen molar-refractivity contribution < 1.29 is 4.79 Å². The van der Waals surface area contributed by atoms with Gasteiger partial charge in [-0.05, 0) is 31.5 Å². The number of carbonyl (C=O) groups is 1. The molecule has 0 bridgehead atoms. The highest BCUT2D eigenvalue weighted by Gasteiger charge is 2.41. The van der Waals surface area contributed by atoms with Gasteiger partial charge in [-0.25, -0.2) is 4.98 Å². The van der Waals surface area contributed by atoms with Gasteiger partial charge in [-0.1, -0.05) is 0 Å². The summed E-state index contributed by atoms with van der Waals surface area (Å²) in [7, 11) is 1.88. The Labute approximate surface area is 122 Å². The molecule has 0 saturated heterocycles. The highest BCUT2D eigenvalue weighted by atomic mass is 16.2. The number of nitrogens with one attached hydrogen (secondary N) is 1. The molecule has 21 heavy (non-hydrogen) atoms. The molecule has 1 saturated carbocycles. The van der Waals surface area contributed by atoms with Crippen LogP contribution in [-0.2, 0) is 7.05 Å². The number of aromatic nitrogens is 3. The summed E-state index contributed by atoms with van der Waals surface area (Å²) < 4.78 is 1.76. The zero-order chi connectivity index (χ0) is 15.0. The first kappa shape index (κ1) is 13.3. The lowest BCUT2D eigenvalue weighted by molar-refractivity contribution is 0.0945. The molecular formula is C15H15N5O. The van der Waals surface area contributed by atoms with Crippen LogP contribution in [0.5, 0.6) is 0 Å². The summed E-state index contributed by atoms with van der Waals surface area (Å²) in [5, 5.41) is 16.2. The molecule has 6 nitrogen and oxygen atoms in total. The third-order valence-corrected chi connectivity index (χ3v) is 3.66. The van der Waals surface area contributed by atoms with Crippen molar-refractivity contribution in [3.8, 4) is 6.07 Å².